The summed E-state index contributed by atoms with van der Waals surface area (Å²) in [6.45, 7) is 2.02. The average molecular weight is 262 g/mol. The fourth-order valence-corrected chi connectivity index (χ4v) is 2.14. The SMILES string of the molecule is COc1ccc(Cc2cc(C)cc(N)c2Cl)cc1. The van der Waals surface area contributed by atoms with Crippen LogP contribution in [0.4, 0.5) is 5.69 Å². The van der Waals surface area contributed by atoms with E-state index < -0.39 is 0 Å². The number of anilines is 1. The van der Waals surface area contributed by atoms with Crippen LogP contribution in [0.25, 0.3) is 0 Å². The summed E-state index contributed by atoms with van der Waals surface area (Å²) in [4.78, 5) is 0. The Morgan fingerprint density at radius 1 is 1.17 bits per heavy atom. The van der Waals surface area contributed by atoms with E-state index in [4.69, 9.17) is 22.1 Å². The van der Waals surface area contributed by atoms with Crippen molar-refractivity contribution in [1.82, 2.24) is 0 Å². The van der Waals surface area contributed by atoms with E-state index >= 15 is 0 Å². The molecule has 0 saturated carbocycles. The number of hydrogen-bond donors (Lipinski definition) is 1. The van der Waals surface area contributed by atoms with Crippen molar-refractivity contribution in [1.29, 1.82) is 0 Å². The summed E-state index contributed by atoms with van der Waals surface area (Å²) in [5.41, 5.74) is 9.87. The van der Waals surface area contributed by atoms with E-state index in [1.165, 1.54) is 5.56 Å². The summed E-state index contributed by atoms with van der Waals surface area (Å²) < 4.78 is 5.14. The monoisotopic (exact) mass is 261 g/mol. The molecule has 2 rings (SSSR count). The van der Waals surface area contributed by atoms with Gasteiger partial charge >= 0.3 is 0 Å². The molecule has 0 saturated heterocycles. The quantitative estimate of drug-likeness (QED) is 0.853. The van der Waals surface area contributed by atoms with Crippen LogP contribution in [0.2, 0.25) is 5.02 Å². The summed E-state index contributed by atoms with van der Waals surface area (Å²) in [6, 6.07) is 11.9. The molecule has 0 bridgehead atoms. The number of benzene rings is 2. The Labute approximate surface area is 112 Å². The van der Waals surface area contributed by atoms with Gasteiger partial charge in [-0.2, -0.15) is 0 Å². The van der Waals surface area contributed by atoms with Crippen molar-refractivity contribution in [2.24, 2.45) is 0 Å². The van der Waals surface area contributed by atoms with Gasteiger partial charge in [0.1, 0.15) is 5.75 Å². The molecule has 3 heteroatoms. The standard InChI is InChI=1S/C15H16ClNO/c1-10-7-12(15(16)14(17)8-10)9-11-3-5-13(18-2)6-4-11/h3-8H,9,17H2,1-2H3. The first kappa shape index (κ1) is 12.8. The number of hydrogen-bond acceptors (Lipinski definition) is 2. The van der Waals surface area contributed by atoms with Crippen LogP contribution in [-0.4, -0.2) is 7.11 Å². The lowest BCUT2D eigenvalue weighted by Gasteiger charge is -2.09. The van der Waals surface area contributed by atoms with Crippen LogP contribution in [0.3, 0.4) is 0 Å². The first-order valence-electron chi connectivity index (χ1n) is 5.77. The zero-order valence-electron chi connectivity index (χ0n) is 10.5. The fraction of sp³-hybridized carbons (Fsp3) is 0.200. The van der Waals surface area contributed by atoms with Gasteiger partial charge in [0, 0.05) is 0 Å². The topological polar surface area (TPSA) is 35.2 Å². The van der Waals surface area contributed by atoms with E-state index in [1.807, 2.05) is 37.3 Å². The minimum atomic E-state index is 0.639. The van der Waals surface area contributed by atoms with Gasteiger partial charge in [-0.3, -0.25) is 0 Å². The van der Waals surface area contributed by atoms with Crippen molar-refractivity contribution in [3.05, 3.63) is 58.1 Å². The number of ether oxygens (including phenoxy) is 1. The molecule has 0 amide bonds. The summed E-state index contributed by atoms with van der Waals surface area (Å²) in [6.07, 6.45) is 0.773. The fourth-order valence-electron chi connectivity index (χ4n) is 1.97. The Kier molecular flexibility index (Phi) is 3.78. The van der Waals surface area contributed by atoms with Crippen molar-refractivity contribution in [2.45, 2.75) is 13.3 Å². The van der Waals surface area contributed by atoms with Crippen LogP contribution in [-0.2, 0) is 6.42 Å². The molecule has 0 fully saturated rings. The molecule has 0 radical (unpaired) electrons. The molecular formula is C15H16ClNO. The first-order valence-corrected chi connectivity index (χ1v) is 6.15. The Morgan fingerprint density at radius 3 is 2.44 bits per heavy atom. The summed E-state index contributed by atoms with van der Waals surface area (Å²) in [5.74, 6) is 0.855. The number of aryl methyl sites for hydroxylation is 1. The highest BCUT2D eigenvalue weighted by molar-refractivity contribution is 6.33. The van der Waals surface area contributed by atoms with Gasteiger partial charge in [0.05, 0.1) is 17.8 Å². The number of rotatable bonds is 3. The van der Waals surface area contributed by atoms with Gasteiger partial charge in [0.15, 0.2) is 0 Å². The highest BCUT2D eigenvalue weighted by atomic mass is 35.5. The Hall–Kier alpha value is -1.67. The van der Waals surface area contributed by atoms with Gasteiger partial charge in [0.2, 0.25) is 0 Å². The molecule has 0 aliphatic heterocycles. The van der Waals surface area contributed by atoms with E-state index in [0.29, 0.717) is 10.7 Å². The molecule has 0 spiro atoms. The second kappa shape index (κ2) is 5.32. The van der Waals surface area contributed by atoms with Gasteiger partial charge in [-0.25, -0.2) is 0 Å². The van der Waals surface area contributed by atoms with Crippen LogP contribution in [0.1, 0.15) is 16.7 Å². The highest BCUT2D eigenvalue weighted by Crippen LogP contribution is 2.27. The number of nitrogen functional groups attached to an aromatic ring is 1. The van der Waals surface area contributed by atoms with Crippen LogP contribution >= 0.6 is 11.6 Å². The van der Waals surface area contributed by atoms with Crippen LogP contribution in [0.5, 0.6) is 5.75 Å². The summed E-state index contributed by atoms with van der Waals surface area (Å²) in [7, 11) is 1.66. The predicted octanol–water partition coefficient (Wildman–Crippen LogP) is 3.83. The zero-order chi connectivity index (χ0) is 13.1. The van der Waals surface area contributed by atoms with Crippen molar-refractivity contribution in [3.8, 4) is 5.75 Å². The second-order valence-electron chi connectivity index (χ2n) is 4.35. The molecule has 0 heterocycles. The van der Waals surface area contributed by atoms with Gasteiger partial charge in [-0.05, 0) is 48.2 Å². The van der Waals surface area contributed by atoms with Gasteiger partial charge in [0.25, 0.3) is 0 Å². The van der Waals surface area contributed by atoms with Crippen molar-refractivity contribution in [3.63, 3.8) is 0 Å². The van der Waals surface area contributed by atoms with Crippen LogP contribution < -0.4 is 10.5 Å². The molecule has 2 aromatic rings. The average Bonchev–Trinajstić information content (AvgIpc) is 2.36. The molecule has 0 atom stereocenters. The largest absolute Gasteiger partial charge is 0.497 e. The third kappa shape index (κ3) is 2.77. The Bertz CT molecular complexity index is 549. The molecular weight excluding hydrogens is 246 g/mol. The predicted molar refractivity (Wildman–Crippen MR) is 76.4 cm³/mol. The maximum absolute atomic E-state index is 6.22. The van der Waals surface area contributed by atoms with Crippen molar-refractivity contribution < 1.29 is 4.74 Å². The molecule has 2 aromatic carbocycles. The molecule has 0 unspecified atom stereocenters. The molecule has 2 nitrogen and oxygen atoms in total. The Balaban J connectivity index is 2.27. The molecule has 18 heavy (non-hydrogen) atoms. The maximum atomic E-state index is 6.22. The minimum Gasteiger partial charge on any atom is -0.497 e. The lowest BCUT2D eigenvalue weighted by atomic mass is 10.0. The molecule has 0 aliphatic carbocycles. The third-order valence-corrected chi connectivity index (χ3v) is 3.34. The van der Waals surface area contributed by atoms with Gasteiger partial charge in [-0.15, -0.1) is 0 Å². The lowest BCUT2D eigenvalue weighted by molar-refractivity contribution is 0.414. The van der Waals surface area contributed by atoms with Crippen LogP contribution in [0.15, 0.2) is 36.4 Å². The number of nitrogens with two attached hydrogens (primary N) is 1. The minimum absolute atomic E-state index is 0.639. The summed E-state index contributed by atoms with van der Waals surface area (Å²) >= 11 is 6.22. The van der Waals surface area contributed by atoms with E-state index in [0.717, 1.165) is 23.3 Å². The van der Waals surface area contributed by atoms with E-state index in [9.17, 15) is 0 Å². The van der Waals surface area contributed by atoms with Crippen molar-refractivity contribution in [2.75, 3.05) is 12.8 Å². The van der Waals surface area contributed by atoms with Crippen molar-refractivity contribution >= 4 is 17.3 Å². The second-order valence-corrected chi connectivity index (χ2v) is 4.73. The first-order chi connectivity index (χ1) is 8.60. The van der Waals surface area contributed by atoms with E-state index in [1.54, 1.807) is 7.11 Å². The third-order valence-electron chi connectivity index (χ3n) is 2.87. The van der Waals surface area contributed by atoms with E-state index in [2.05, 4.69) is 6.07 Å². The smallest absolute Gasteiger partial charge is 0.118 e. The van der Waals surface area contributed by atoms with Gasteiger partial charge < -0.3 is 10.5 Å². The van der Waals surface area contributed by atoms with Crippen LogP contribution in [0, 0.1) is 6.92 Å². The molecule has 0 aromatic heterocycles. The Morgan fingerprint density at radius 2 is 1.83 bits per heavy atom. The van der Waals surface area contributed by atoms with Gasteiger partial charge in [-0.1, -0.05) is 29.8 Å². The zero-order valence-corrected chi connectivity index (χ0v) is 11.3. The molecule has 0 aliphatic rings. The summed E-state index contributed by atoms with van der Waals surface area (Å²) in [5, 5.41) is 0.649. The molecule has 94 valence electrons. The number of methoxy groups -OCH3 is 1. The number of halogens is 1. The highest BCUT2D eigenvalue weighted by Gasteiger charge is 2.06. The lowest BCUT2D eigenvalue weighted by Crippen LogP contribution is -1.95. The molecule has 2 N–H and O–H groups in total. The maximum Gasteiger partial charge on any atom is 0.118 e. The van der Waals surface area contributed by atoms with E-state index in [-0.39, 0.29) is 0 Å². The normalized spacial score (nSPS) is 10.4.